The maximum absolute atomic E-state index is 12.4. The Morgan fingerprint density at radius 1 is 1.32 bits per heavy atom. The second kappa shape index (κ2) is 5.06. The van der Waals surface area contributed by atoms with E-state index in [1.807, 2.05) is 30.3 Å². The SMILES string of the molecule is NC1CC(NC(=O)Cc2cccc3ncccc23)C12CCC2. The quantitative estimate of drug-likeness (QED) is 0.912. The number of carbonyl (C=O) groups is 1. The molecule has 2 atom stereocenters. The molecule has 1 aromatic heterocycles. The standard InChI is InChI=1S/C18H21N3O/c19-15-11-16(18(15)7-3-8-18)21-17(22)10-12-4-1-6-14-13(12)5-2-9-20-14/h1-2,4-6,9,15-16H,3,7-8,10-11,19H2,(H,21,22). The molecule has 2 fully saturated rings. The number of rotatable bonds is 3. The molecule has 1 amide bonds. The third-order valence-electron chi connectivity index (χ3n) is 5.63. The first-order valence-electron chi connectivity index (χ1n) is 8.07. The van der Waals surface area contributed by atoms with E-state index in [2.05, 4.69) is 10.3 Å². The van der Waals surface area contributed by atoms with Crippen molar-refractivity contribution in [2.45, 2.75) is 44.2 Å². The van der Waals surface area contributed by atoms with Crippen LogP contribution in [0.5, 0.6) is 0 Å². The van der Waals surface area contributed by atoms with Gasteiger partial charge in [0.2, 0.25) is 5.91 Å². The lowest BCUT2D eigenvalue weighted by atomic mass is 9.50. The molecule has 0 radical (unpaired) electrons. The summed E-state index contributed by atoms with van der Waals surface area (Å²) in [6, 6.07) is 10.4. The van der Waals surface area contributed by atoms with Crippen LogP contribution in [0.25, 0.3) is 10.9 Å². The van der Waals surface area contributed by atoms with Gasteiger partial charge in [-0.05, 0) is 37.0 Å². The Morgan fingerprint density at radius 3 is 2.91 bits per heavy atom. The molecule has 0 bridgehead atoms. The predicted octanol–water partition coefficient (Wildman–Crippen LogP) is 2.16. The average molecular weight is 295 g/mol. The number of nitrogens with one attached hydrogen (secondary N) is 1. The molecule has 2 aliphatic rings. The Bertz CT molecular complexity index is 718. The lowest BCUT2D eigenvalue weighted by molar-refractivity contribution is -0.127. The van der Waals surface area contributed by atoms with Crippen molar-refractivity contribution in [3.8, 4) is 0 Å². The molecule has 1 heterocycles. The van der Waals surface area contributed by atoms with Crippen LogP contribution in [0.15, 0.2) is 36.5 Å². The summed E-state index contributed by atoms with van der Waals surface area (Å²) in [5, 5.41) is 4.27. The monoisotopic (exact) mass is 295 g/mol. The summed E-state index contributed by atoms with van der Waals surface area (Å²) in [4.78, 5) is 16.8. The zero-order valence-electron chi connectivity index (χ0n) is 12.6. The van der Waals surface area contributed by atoms with Gasteiger partial charge in [-0.1, -0.05) is 24.6 Å². The number of hydrogen-bond acceptors (Lipinski definition) is 3. The molecule has 2 saturated carbocycles. The Labute approximate surface area is 130 Å². The topological polar surface area (TPSA) is 68.0 Å². The smallest absolute Gasteiger partial charge is 0.224 e. The molecule has 2 aliphatic carbocycles. The van der Waals surface area contributed by atoms with Crippen LogP contribution in [-0.2, 0) is 11.2 Å². The number of aromatic nitrogens is 1. The summed E-state index contributed by atoms with van der Waals surface area (Å²) in [7, 11) is 0. The van der Waals surface area contributed by atoms with Crippen LogP contribution in [-0.4, -0.2) is 23.0 Å². The number of hydrogen-bond donors (Lipinski definition) is 2. The first kappa shape index (κ1) is 13.7. The highest BCUT2D eigenvalue weighted by molar-refractivity contribution is 5.88. The van der Waals surface area contributed by atoms with E-state index in [4.69, 9.17) is 5.73 Å². The highest BCUT2D eigenvalue weighted by Gasteiger charge is 2.56. The van der Waals surface area contributed by atoms with E-state index in [0.717, 1.165) is 35.7 Å². The van der Waals surface area contributed by atoms with E-state index in [1.54, 1.807) is 6.20 Å². The van der Waals surface area contributed by atoms with Crippen LogP contribution in [0.2, 0.25) is 0 Å². The van der Waals surface area contributed by atoms with Gasteiger partial charge >= 0.3 is 0 Å². The number of carbonyl (C=O) groups excluding carboxylic acids is 1. The molecule has 1 spiro atoms. The average Bonchev–Trinajstić information content (AvgIpc) is 2.45. The second-order valence-corrected chi connectivity index (χ2v) is 6.71. The van der Waals surface area contributed by atoms with Crippen molar-refractivity contribution >= 4 is 16.8 Å². The minimum Gasteiger partial charge on any atom is -0.352 e. The Kier molecular flexibility index (Phi) is 3.15. The number of amides is 1. The highest BCUT2D eigenvalue weighted by Crippen LogP contribution is 2.55. The first-order valence-corrected chi connectivity index (χ1v) is 8.07. The van der Waals surface area contributed by atoms with E-state index < -0.39 is 0 Å². The lowest BCUT2D eigenvalue weighted by Gasteiger charge is -2.60. The summed E-state index contributed by atoms with van der Waals surface area (Å²) >= 11 is 0. The molecular weight excluding hydrogens is 274 g/mol. The van der Waals surface area contributed by atoms with Crippen molar-refractivity contribution in [3.05, 3.63) is 42.1 Å². The zero-order valence-corrected chi connectivity index (χ0v) is 12.6. The molecule has 114 valence electrons. The number of fused-ring (bicyclic) bond motifs is 1. The van der Waals surface area contributed by atoms with E-state index in [9.17, 15) is 4.79 Å². The fourth-order valence-corrected chi connectivity index (χ4v) is 4.07. The summed E-state index contributed by atoms with van der Waals surface area (Å²) in [5.74, 6) is 0.0968. The van der Waals surface area contributed by atoms with Gasteiger partial charge in [0.25, 0.3) is 0 Å². The van der Waals surface area contributed by atoms with Crippen molar-refractivity contribution in [1.29, 1.82) is 0 Å². The molecule has 22 heavy (non-hydrogen) atoms. The third kappa shape index (κ3) is 2.02. The number of pyridine rings is 1. The van der Waals surface area contributed by atoms with Crippen LogP contribution in [0, 0.1) is 5.41 Å². The molecule has 2 unspecified atom stereocenters. The summed E-state index contributed by atoms with van der Waals surface area (Å²) < 4.78 is 0. The molecule has 4 nitrogen and oxygen atoms in total. The van der Waals surface area contributed by atoms with Gasteiger partial charge in [0, 0.05) is 29.1 Å². The lowest BCUT2D eigenvalue weighted by Crippen LogP contribution is -2.70. The van der Waals surface area contributed by atoms with Crippen LogP contribution in [0.3, 0.4) is 0 Å². The summed E-state index contributed by atoms with van der Waals surface area (Å²) in [6.07, 6.45) is 6.68. The van der Waals surface area contributed by atoms with E-state index in [-0.39, 0.29) is 23.4 Å². The van der Waals surface area contributed by atoms with Crippen molar-refractivity contribution in [3.63, 3.8) is 0 Å². The highest BCUT2D eigenvalue weighted by atomic mass is 16.1. The fraction of sp³-hybridized carbons (Fsp3) is 0.444. The molecule has 4 rings (SSSR count). The van der Waals surface area contributed by atoms with Crippen molar-refractivity contribution in [2.24, 2.45) is 11.1 Å². The summed E-state index contributed by atoms with van der Waals surface area (Å²) in [6.45, 7) is 0. The van der Waals surface area contributed by atoms with E-state index >= 15 is 0 Å². The van der Waals surface area contributed by atoms with Crippen LogP contribution in [0.4, 0.5) is 0 Å². The Morgan fingerprint density at radius 2 is 2.18 bits per heavy atom. The number of benzene rings is 1. The first-order chi connectivity index (χ1) is 10.7. The number of nitrogens with zero attached hydrogens (tertiary/aromatic N) is 1. The molecule has 0 saturated heterocycles. The van der Waals surface area contributed by atoms with Gasteiger partial charge in [0.15, 0.2) is 0 Å². The van der Waals surface area contributed by atoms with Gasteiger partial charge in [0.1, 0.15) is 0 Å². The minimum absolute atomic E-state index is 0.0968. The maximum Gasteiger partial charge on any atom is 0.224 e. The van der Waals surface area contributed by atoms with Crippen molar-refractivity contribution in [1.82, 2.24) is 10.3 Å². The maximum atomic E-state index is 12.4. The van der Waals surface area contributed by atoms with Crippen LogP contribution >= 0.6 is 0 Å². The Balaban J connectivity index is 1.48. The minimum atomic E-state index is 0.0968. The second-order valence-electron chi connectivity index (χ2n) is 6.71. The van der Waals surface area contributed by atoms with E-state index in [1.165, 1.54) is 6.42 Å². The molecule has 1 aromatic carbocycles. The van der Waals surface area contributed by atoms with Gasteiger partial charge in [-0.25, -0.2) is 0 Å². The molecule has 3 N–H and O–H groups in total. The predicted molar refractivity (Wildman–Crippen MR) is 86.3 cm³/mol. The van der Waals surface area contributed by atoms with Crippen LogP contribution < -0.4 is 11.1 Å². The van der Waals surface area contributed by atoms with Gasteiger partial charge in [-0.3, -0.25) is 9.78 Å². The fourth-order valence-electron chi connectivity index (χ4n) is 4.07. The van der Waals surface area contributed by atoms with Crippen molar-refractivity contribution < 1.29 is 4.79 Å². The molecule has 4 heteroatoms. The van der Waals surface area contributed by atoms with Gasteiger partial charge in [-0.2, -0.15) is 0 Å². The third-order valence-corrected chi connectivity index (χ3v) is 5.63. The molecular formula is C18H21N3O. The van der Waals surface area contributed by atoms with Gasteiger partial charge in [-0.15, -0.1) is 0 Å². The van der Waals surface area contributed by atoms with Gasteiger partial charge in [0.05, 0.1) is 11.9 Å². The summed E-state index contributed by atoms with van der Waals surface area (Å²) in [5.41, 5.74) is 8.33. The number of nitrogens with two attached hydrogens (primary N) is 1. The Hall–Kier alpha value is -1.94. The van der Waals surface area contributed by atoms with Crippen LogP contribution in [0.1, 0.15) is 31.2 Å². The normalized spacial score (nSPS) is 25.5. The van der Waals surface area contributed by atoms with E-state index in [0.29, 0.717) is 6.42 Å². The zero-order chi connectivity index (χ0) is 15.2. The molecule has 2 aromatic rings. The molecule has 0 aliphatic heterocycles. The van der Waals surface area contributed by atoms with Crippen molar-refractivity contribution in [2.75, 3.05) is 0 Å². The van der Waals surface area contributed by atoms with Gasteiger partial charge < -0.3 is 11.1 Å². The largest absolute Gasteiger partial charge is 0.352 e.